The number of alkyl carbamates (subject to hydrolysis) is 1. The van der Waals surface area contributed by atoms with E-state index in [0.717, 1.165) is 5.56 Å². The van der Waals surface area contributed by atoms with Gasteiger partial charge in [0.1, 0.15) is 12.4 Å². The molecule has 4 N–H and O–H groups in total. The minimum Gasteiger partial charge on any atom is -0.463 e. The third-order valence-electron chi connectivity index (χ3n) is 3.96. The Kier molecular flexibility index (Phi) is 6.83. The average molecular weight is 410 g/mol. The zero-order valence-electron chi connectivity index (χ0n) is 15.8. The van der Waals surface area contributed by atoms with Gasteiger partial charge in [-0.05, 0) is 11.6 Å². The van der Waals surface area contributed by atoms with Crippen LogP contribution in [-0.2, 0) is 17.8 Å². The Hall–Kier alpha value is -4.08. The van der Waals surface area contributed by atoms with Gasteiger partial charge in [-0.3, -0.25) is 15.7 Å². The number of nitrogens with zero attached hydrogens (tertiary/aromatic N) is 3. The number of benzene rings is 1. The molecule has 10 heteroatoms. The Balaban J connectivity index is 1.61. The van der Waals surface area contributed by atoms with Crippen molar-refractivity contribution in [2.75, 3.05) is 6.61 Å². The molecule has 0 aliphatic rings. The Morgan fingerprint density at radius 1 is 1.17 bits per heavy atom. The Labute approximate surface area is 171 Å². The molecule has 0 aliphatic heterocycles. The van der Waals surface area contributed by atoms with Crippen LogP contribution < -0.4 is 15.8 Å². The number of nitrogens with two attached hydrogens (primary N) is 1. The number of halogens is 1. The second-order valence-electron chi connectivity index (χ2n) is 6.11. The fraction of sp³-hybridized carbons (Fsp3) is 0.150. The van der Waals surface area contributed by atoms with E-state index in [1.165, 1.54) is 18.5 Å². The van der Waals surface area contributed by atoms with Crippen LogP contribution >= 0.6 is 0 Å². The van der Waals surface area contributed by atoms with Gasteiger partial charge in [-0.15, -0.1) is 0 Å². The fourth-order valence-corrected chi connectivity index (χ4v) is 2.54. The lowest BCUT2D eigenvalue weighted by atomic mass is 10.1. The largest absolute Gasteiger partial charge is 0.463 e. The molecule has 0 aliphatic carbocycles. The van der Waals surface area contributed by atoms with Crippen molar-refractivity contribution in [2.45, 2.75) is 13.0 Å². The van der Waals surface area contributed by atoms with Gasteiger partial charge in [0.05, 0.1) is 6.61 Å². The highest BCUT2D eigenvalue weighted by Gasteiger charge is 2.13. The third-order valence-corrected chi connectivity index (χ3v) is 3.96. The average Bonchev–Trinajstić information content (AvgIpc) is 2.74. The lowest BCUT2D eigenvalue weighted by molar-refractivity contribution is 0.143. The second-order valence-corrected chi connectivity index (χ2v) is 6.11. The Morgan fingerprint density at radius 2 is 1.97 bits per heavy atom. The summed E-state index contributed by atoms with van der Waals surface area (Å²) in [5.74, 6) is -1.13. The highest BCUT2D eigenvalue weighted by Crippen LogP contribution is 2.25. The SMILES string of the molecule is N=C(N)NC(=O)OCc1cccc(-c2cnc(OCCc3cccnc3)nc2)c1F. The quantitative estimate of drug-likeness (QED) is 0.402. The summed E-state index contributed by atoms with van der Waals surface area (Å²) in [6.07, 6.45) is 6.09. The number of hydrogen-bond donors (Lipinski definition) is 3. The molecule has 0 saturated carbocycles. The molecule has 1 amide bonds. The number of ether oxygens (including phenoxy) is 2. The van der Waals surface area contributed by atoms with Crippen molar-refractivity contribution in [2.24, 2.45) is 5.73 Å². The minimum absolute atomic E-state index is 0.156. The van der Waals surface area contributed by atoms with E-state index in [1.54, 1.807) is 24.5 Å². The van der Waals surface area contributed by atoms with Crippen molar-refractivity contribution in [1.29, 1.82) is 5.41 Å². The molecule has 0 fully saturated rings. The van der Waals surface area contributed by atoms with Crippen molar-refractivity contribution in [3.63, 3.8) is 0 Å². The Bertz CT molecular complexity index is 1010. The number of pyridine rings is 1. The van der Waals surface area contributed by atoms with E-state index in [-0.39, 0.29) is 23.7 Å². The van der Waals surface area contributed by atoms with Crippen LogP contribution in [-0.4, -0.2) is 33.6 Å². The molecule has 0 spiro atoms. The van der Waals surface area contributed by atoms with E-state index in [0.29, 0.717) is 18.6 Å². The summed E-state index contributed by atoms with van der Waals surface area (Å²) in [6, 6.07) is 8.65. The van der Waals surface area contributed by atoms with E-state index >= 15 is 0 Å². The number of rotatable bonds is 7. The topological polar surface area (TPSA) is 136 Å². The molecular weight excluding hydrogens is 391 g/mol. The highest BCUT2D eigenvalue weighted by molar-refractivity contribution is 5.90. The molecule has 2 aromatic heterocycles. The summed E-state index contributed by atoms with van der Waals surface area (Å²) in [7, 11) is 0. The normalized spacial score (nSPS) is 10.3. The summed E-state index contributed by atoms with van der Waals surface area (Å²) in [5.41, 5.74) is 6.93. The Morgan fingerprint density at radius 3 is 2.67 bits per heavy atom. The smallest absolute Gasteiger partial charge is 0.414 e. The maximum atomic E-state index is 14.8. The highest BCUT2D eigenvalue weighted by atomic mass is 19.1. The molecule has 1 aromatic carbocycles. The molecule has 3 aromatic rings. The van der Waals surface area contributed by atoms with Crippen molar-refractivity contribution in [3.8, 4) is 17.1 Å². The van der Waals surface area contributed by atoms with Gasteiger partial charge in [-0.2, -0.15) is 0 Å². The maximum Gasteiger partial charge on any atom is 0.414 e. The summed E-state index contributed by atoms with van der Waals surface area (Å²) < 4.78 is 25.2. The van der Waals surface area contributed by atoms with Crippen LogP contribution in [0, 0.1) is 11.2 Å². The lowest BCUT2D eigenvalue weighted by Crippen LogP contribution is -2.36. The predicted octanol–water partition coefficient (Wildman–Crippen LogP) is 2.42. The summed E-state index contributed by atoms with van der Waals surface area (Å²) in [4.78, 5) is 23.7. The number of aromatic nitrogens is 3. The lowest BCUT2D eigenvalue weighted by Gasteiger charge is -2.10. The van der Waals surface area contributed by atoms with Gasteiger partial charge >= 0.3 is 12.1 Å². The molecule has 0 atom stereocenters. The van der Waals surface area contributed by atoms with E-state index in [1.807, 2.05) is 17.4 Å². The van der Waals surface area contributed by atoms with Crippen LogP contribution in [0.3, 0.4) is 0 Å². The van der Waals surface area contributed by atoms with Gasteiger partial charge in [-0.25, -0.2) is 19.2 Å². The third kappa shape index (κ3) is 5.71. The summed E-state index contributed by atoms with van der Waals surface area (Å²) in [6.45, 7) is 0.0593. The van der Waals surface area contributed by atoms with Crippen LogP contribution in [0.15, 0.2) is 55.1 Å². The van der Waals surface area contributed by atoms with Gasteiger partial charge in [0.15, 0.2) is 5.96 Å². The van der Waals surface area contributed by atoms with Crippen molar-refractivity contribution in [3.05, 3.63) is 72.1 Å². The van der Waals surface area contributed by atoms with Crippen molar-refractivity contribution >= 4 is 12.1 Å². The summed E-state index contributed by atoms with van der Waals surface area (Å²) >= 11 is 0. The van der Waals surface area contributed by atoms with E-state index < -0.39 is 17.9 Å². The number of nitrogens with one attached hydrogen (secondary N) is 2. The number of hydrogen-bond acceptors (Lipinski definition) is 7. The molecule has 0 radical (unpaired) electrons. The van der Waals surface area contributed by atoms with Gasteiger partial charge in [-0.1, -0.05) is 24.3 Å². The van der Waals surface area contributed by atoms with Crippen LogP contribution in [0.5, 0.6) is 6.01 Å². The molecule has 2 heterocycles. The number of carbonyl (C=O) groups is 1. The minimum atomic E-state index is -0.941. The summed E-state index contributed by atoms with van der Waals surface area (Å²) in [5, 5.41) is 8.92. The van der Waals surface area contributed by atoms with Crippen LogP contribution in [0.1, 0.15) is 11.1 Å². The molecule has 3 rings (SSSR count). The number of guanidine groups is 1. The van der Waals surface area contributed by atoms with Crippen LogP contribution in [0.2, 0.25) is 0 Å². The fourth-order valence-electron chi connectivity index (χ4n) is 2.54. The molecule has 30 heavy (non-hydrogen) atoms. The van der Waals surface area contributed by atoms with E-state index in [2.05, 4.69) is 15.0 Å². The van der Waals surface area contributed by atoms with Crippen LogP contribution in [0.25, 0.3) is 11.1 Å². The van der Waals surface area contributed by atoms with Crippen LogP contribution in [0.4, 0.5) is 9.18 Å². The predicted molar refractivity (Wildman–Crippen MR) is 106 cm³/mol. The standard InChI is InChI=1S/C20H19FN6O3/c21-17-14(12-30-20(28)27-18(22)23)4-1-5-16(17)15-10-25-19(26-11-15)29-8-6-13-3-2-7-24-9-13/h1-5,7,9-11H,6,8,12H2,(H4,22,23,27,28). The first kappa shape index (κ1) is 20.6. The van der Waals surface area contributed by atoms with Crippen molar-refractivity contribution in [1.82, 2.24) is 20.3 Å². The van der Waals surface area contributed by atoms with Crippen molar-refractivity contribution < 1.29 is 18.7 Å². The molecule has 0 bridgehead atoms. The van der Waals surface area contributed by atoms with E-state index in [4.69, 9.17) is 20.6 Å². The van der Waals surface area contributed by atoms with Gasteiger partial charge in [0.25, 0.3) is 0 Å². The molecule has 9 nitrogen and oxygen atoms in total. The zero-order valence-corrected chi connectivity index (χ0v) is 15.8. The second kappa shape index (κ2) is 9.92. The molecule has 154 valence electrons. The first-order valence-electron chi connectivity index (χ1n) is 8.92. The zero-order chi connectivity index (χ0) is 21.3. The van der Waals surface area contributed by atoms with E-state index in [9.17, 15) is 9.18 Å². The maximum absolute atomic E-state index is 14.8. The monoisotopic (exact) mass is 410 g/mol. The molecular formula is C20H19FN6O3. The van der Waals surface area contributed by atoms with Gasteiger partial charge in [0, 0.05) is 47.9 Å². The van der Waals surface area contributed by atoms with Gasteiger partial charge < -0.3 is 15.2 Å². The number of amides is 1. The first-order valence-corrected chi connectivity index (χ1v) is 8.92. The molecule has 0 unspecified atom stereocenters. The molecule has 0 saturated heterocycles. The number of carbonyl (C=O) groups excluding carboxylic acids is 1. The first-order chi connectivity index (χ1) is 14.5. The van der Waals surface area contributed by atoms with Gasteiger partial charge in [0.2, 0.25) is 0 Å².